The van der Waals surface area contributed by atoms with Crippen molar-refractivity contribution in [1.29, 1.82) is 0 Å². The molecule has 0 saturated heterocycles. The summed E-state index contributed by atoms with van der Waals surface area (Å²) >= 11 is 0. The Hall–Kier alpha value is -2.02. The van der Waals surface area contributed by atoms with Gasteiger partial charge in [0, 0.05) is 12.8 Å². The Labute approximate surface area is 235 Å². The number of hydrogen-bond acceptors (Lipinski definition) is 9. The summed E-state index contributed by atoms with van der Waals surface area (Å²) in [6.07, 6.45) is -4.98. The van der Waals surface area contributed by atoms with Crippen LogP contribution in [0.1, 0.15) is 37.5 Å². The fraction of sp³-hybridized carbons (Fsp3) is 0.667. The van der Waals surface area contributed by atoms with E-state index in [9.17, 15) is 91.5 Å². The monoisotopic (exact) mass is 734 g/mol. The van der Waals surface area contributed by atoms with Crippen LogP contribution in [0.15, 0.2) is 12.1 Å². The lowest BCUT2D eigenvalue weighted by atomic mass is 9.84. The van der Waals surface area contributed by atoms with Gasteiger partial charge in [0.15, 0.2) is 9.16 Å². The molecule has 0 aromatic heterocycles. The summed E-state index contributed by atoms with van der Waals surface area (Å²) in [5.41, 5.74) is -32.1. The van der Waals surface area contributed by atoms with Gasteiger partial charge in [-0.1, -0.05) is 32.9 Å². The number of alkyl halides is 12. The van der Waals surface area contributed by atoms with Crippen molar-refractivity contribution in [3.63, 3.8) is 0 Å². The number of phenolic OH excluding ortho intramolecular Hbond substituents is 1. The average molecular weight is 735 g/mol. The highest BCUT2D eigenvalue weighted by Gasteiger charge is 2.64. The van der Waals surface area contributed by atoms with Crippen LogP contribution >= 0.6 is 0 Å². The first-order valence-electron chi connectivity index (χ1n) is 10.5. The SMILES string of the molecule is CC(C)(C)c1cc(CC(S(=O)(=O)C(F)(F)F)S(=O)(=O)C(F)(F)F)c(O)c(CC(S(=O)(=O)C(F)(F)F)S(=O)(=O)C(F)(F)F)c1. The van der Waals surface area contributed by atoms with Crippen molar-refractivity contribution in [3.8, 4) is 5.75 Å². The van der Waals surface area contributed by atoms with Crippen LogP contribution in [-0.2, 0) is 57.6 Å². The van der Waals surface area contributed by atoms with E-state index in [-0.39, 0.29) is 0 Å². The van der Waals surface area contributed by atoms with Crippen molar-refractivity contribution in [2.75, 3.05) is 0 Å². The standard InChI is InChI=1S/C18H18F12O9S4/c1-14(2,3)10-4-8(6-11(40(32,33)15(19,20)21)41(34,35)16(22,23)24)13(31)9(5-10)7-12(42(36,37)17(25,26)27)43(38,39)18(28,29)30/h4-5,11-12,31H,6-7H2,1-3H3. The van der Waals surface area contributed by atoms with Gasteiger partial charge >= 0.3 is 22.0 Å². The first-order valence-corrected chi connectivity index (χ1v) is 16.7. The Morgan fingerprint density at radius 2 is 0.744 bits per heavy atom. The van der Waals surface area contributed by atoms with Crippen LogP contribution in [-0.4, -0.2) is 70.0 Å². The van der Waals surface area contributed by atoms with Gasteiger partial charge < -0.3 is 5.11 Å². The summed E-state index contributed by atoms with van der Waals surface area (Å²) in [7, 11) is -29.5. The zero-order valence-corrected chi connectivity index (χ0v) is 24.4. The maximum absolute atomic E-state index is 13.2. The molecule has 0 amide bonds. The summed E-state index contributed by atoms with van der Waals surface area (Å²) in [6, 6.07) is 0.685. The minimum Gasteiger partial charge on any atom is -0.507 e. The topological polar surface area (TPSA) is 157 Å². The fourth-order valence-corrected chi connectivity index (χ4v) is 10.00. The van der Waals surface area contributed by atoms with Gasteiger partial charge in [-0.05, 0) is 22.1 Å². The minimum absolute atomic E-state index is 0.342. The normalized spacial score (nSPS) is 15.4. The first kappa shape index (κ1) is 39.0. The van der Waals surface area contributed by atoms with Gasteiger partial charge in [0.05, 0.1) is 0 Å². The molecule has 43 heavy (non-hydrogen) atoms. The van der Waals surface area contributed by atoms with Gasteiger partial charge in [-0.3, -0.25) is 0 Å². The summed E-state index contributed by atoms with van der Waals surface area (Å²) in [5.74, 6) is -1.99. The Bertz CT molecular complexity index is 1460. The van der Waals surface area contributed by atoms with E-state index in [1.807, 2.05) is 0 Å². The molecule has 0 aliphatic carbocycles. The highest BCUT2D eigenvalue weighted by atomic mass is 32.3. The molecule has 0 spiro atoms. The maximum Gasteiger partial charge on any atom is 0.498 e. The van der Waals surface area contributed by atoms with Gasteiger partial charge in [-0.25, -0.2) is 33.7 Å². The van der Waals surface area contributed by atoms with Crippen LogP contribution in [0.2, 0.25) is 0 Å². The molecular weight excluding hydrogens is 716 g/mol. The van der Waals surface area contributed by atoms with E-state index in [1.54, 1.807) is 0 Å². The summed E-state index contributed by atoms with van der Waals surface area (Å²) in [5, 5.41) is 10.4. The van der Waals surface area contributed by atoms with Crippen molar-refractivity contribution in [1.82, 2.24) is 0 Å². The number of hydrogen-bond donors (Lipinski definition) is 1. The zero-order valence-electron chi connectivity index (χ0n) is 21.1. The summed E-state index contributed by atoms with van der Waals surface area (Å²) in [6.45, 7) is 3.37. The average Bonchev–Trinajstić information content (AvgIpc) is 2.72. The van der Waals surface area contributed by atoms with Crippen molar-refractivity contribution in [2.24, 2.45) is 0 Å². The highest BCUT2D eigenvalue weighted by Crippen LogP contribution is 2.43. The number of halogens is 12. The van der Waals surface area contributed by atoms with Crippen LogP contribution < -0.4 is 0 Å². The van der Waals surface area contributed by atoms with Crippen molar-refractivity contribution >= 4 is 39.3 Å². The molecule has 1 aromatic carbocycles. The third-order valence-electron chi connectivity index (χ3n) is 5.58. The van der Waals surface area contributed by atoms with Crippen molar-refractivity contribution in [2.45, 2.75) is 70.2 Å². The molecule has 0 fully saturated rings. The maximum atomic E-state index is 13.2. The molecule has 0 aliphatic rings. The van der Waals surface area contributed by atoms with E-state index in [1.165, 1.54) is 0 Å². The first-order chi connectivity index (χ1) is 18.5. The Kier molecular flexibility index (Phi) is 10.1. The van der Waals surface area contributed by atoms with Crippen LogP contribution in [0.4, 0.5) is 52.7 Å². The second-order valence-corrected chi connectivity index (χ2v) is 18.7. The number of benzene rings is 1. The molecular formula is C18H18F12O9S4. The van der Waals surface area contributed by atoms with Crippen LogP contribution in [0.25, 0.3) is 0 Å². The quantitative estimate of drug-likeness (QED) is 0.388. The van der Waals surface area contributed by atoms with E-state index >= 15 is 0 Å². The second-order valence-electron chi connectivity index (χ2n) is 9.62. The number of sulfone groups is 4. The highest BCUT2D eigenvalue weighted by molar-refractivity contribution is 8.10. The van der Waals surface area contributed by atoms with Gasteiger partial charge in [0.25, 0.3) is 39.3 Å². The lowest BCUT2D eigenvalue weighted by molar-refractivity contribution is -0.0483. The van der Waals surface area contributed by atoms with Gasteiger partial charge in [0.2, 0.25) is 0 Å². The van der Waals surface area contributed by atoms with Crippen molar-refractivity contribution in [3.05, 3.63) is 28.8 Å². The third-order valence-corrected chi connectivity index (χ3v) is 14.6. The van der Waals surface area contributed by atoms with Gasteiger partial charge in [0.1, 0.15) is 5.75 Å². The molecule has 0 bridgehead atoms. The minimum atomic E-state index is -7.37. The van der Waals surface area contributed by atoms with E-state index in [4.69, 9.17) is 0 Å². The van der Waals surface area contributed by atoms with Crippen LogP contribution in [0.3, 0.4) is 0 Å². The van der Waals surface area contributed by atoms with Crippen LogP contribution in [0.5, 0.6) is 5.75 Å². The predicted molar refractivity (Wildman–Crippen MR) is 122 cm³/mol. The molecule has 0 unspecified atom stereocenters. The van der Waals surface area contributed by atoms with E-state index in [0.717, 1.165) is 20.8 Å². The molecule has 9 nitrogen and oxygen atoms in total. The Morgan fingerprint density at radius 3 is 0.907 bits per heavy atom. The molecule has 25 heteroatoms. The zero-order chi connectivity index (χ0) is 34.8. The summed E-state index contributed by atoms with van der Waals surface area (Å²) in [4.78, 5) is 0. The Morgan fingerprint density at radius 1 is 0.535 bits per heavy atom. The largest absolute Gasteiger partial charge is 0.507 e. The molecule has 0 heterocycles. The molecule has 1 aromatic rings. The molecule has 1 rings (SSSR count). The van der Waals surface area contributed by atoms with Crippen LogP contribution in [0, 0.1) is 0 Å². The van der Waals surface area contributed by atoms with Crippen molar-refractivity contribution < 1.29 is 91.5 Å². The second kappa shape index (κ2) is 11.1. The third kappa shape index (κ3) is 7.45. The van der Waals surface area contributed by atoms with E-state index in [2.05, 4.69) is 0 Å². The fourth-order valence-electron chi connectivity index (χ4n) is 3.23. The van der Waals surface area contributed by atoms with E-state index < -0.39 is 111 Å². The number of aromatic hydroxyl groups is 1. The Balaban J connectivity index is 4.25. The molecule has 0 aliphatic heterocycles. The van der Waals surface area contributed by atoms with Gasteiger partial charge in [-0.2, -0.15) is 52.7 Å². The van der Waals surface area contributed by atoms with E-state index in [0.29, 0.717) is 12.1 Å². The van der Waals surface area contributed by atoms with Gasteiger partial charge in [-0.15, -0.1) is 0 Å². The number of rotatable bonds is 8. The smallest absolute Gasteiger partial charge is 0.498 e. The molecule has 252 valence electrons. The molecule has 1 N–H and O–H groups in total. The summed E-state index contributed by atoms with van der Waals surface area (Å²) < 4.78 is 244. The lowest BCUT2D eigenvalue weighted by Gasteiger charge is -2.26. The lowest BCUT2D eigenvalue weighted by Crippen LogP contribution is -2.46. The number of phenols is 1. The molecule has 0 radical (unpaired) electrons. The molecule has 0 saturated carbocycles. The molecule has 0 atom stereocenters. The predicted octanol–water partition coefficient (Wildman–Crippen LogP) is 4.17.